The van der Waals surface area contributed by atoms with E-state index in [1.165, 1.54) is 0 Å². The molecule has 6 heteroatoms. The van der Waals surface area contributed by atoms with E-state index in [0.717, 1.165) is 11.1 Å². The highest BCUT2D eigenvalue weighted by atomic mass is 35.5. The third kappa shape index (κ3) is 5.66. The molecule has 0 saturated carbocycles. The largest absolute Gasteiger partial charge is 0.493 e. The number of anilines is 1. The first kappa shape index (κ1) is 19.6. The lowest BCUT2D eigenvalue weighted by atomic mass is 10.1. The molecule has 0 spiro atoms. The number of carbonyl (C=O) groups excluding carboxylic acids is 1. The number of nitrogens with one attached hydrogen (secondary N) is 1. The SMILES string of the molecule is CCOc1ccc(CNC(=O)Cc2ccc(N)cc2)cc1OC.Cl. The molecule has 2 aromatic rings. The highest BCUT2D eigenvalue weighted by molar-refractivity contribution is 5.85. The molecule has 0 heterocycles. The molecule has 0 bridgehead atoms. The molecule has 0 radical (unpaired) electrons. The second-order valence-corrected chi connectivity index (χ2v) is 5.11. The van der Waals surface area contributed by atoms with Crippen LogP contribution in [0.25, 0.3) is 0 Å². The summed E-state index contributed by atoms with van der Waals surface area (Å²) >= 11 is 0. The van der Waals surface area contributed by atoms with Crippen molar-refractivity contribution in [1.29, 1.82) is 0 Å². The van der Waals surface area contributed by atoms with Crippen LogP contribution in [0.5, 0.6) is 11.5 Å². The van der Waals surface area contributed by atoms with E-state index >= 15 is 0 Å². The number of nitrogen functional groups attached to an aromatic ring is 1. The number of benzene rings is 2. The van der Waals surface area contributed by atoms with E-state index in [0.29, 0.717) is 36.8 Å². The fourth-order valence-corrected chi connectivity index (χ4v) is 2.18. The van der Waals surface area contributed by atoms with Crippen LogP contribution in [0, 0.1) is 0 Å². The highest BCUT2D eigenvalue weighted by Gasteiger charge is 2.07. The molecule has 0 saturated heterocycles. The number of methoxy groups -OCH3 is 1. The van der Waals surface area contributed by atoms with Crippen LogP contribution < -0.4 is 20.5 Å². The topological polar surface area (TPSA) is 73.6 Å². The normalized spacial score (nSPS) is 9.75. The number of rotatable bonds is 7. The average Bonchev–Trinajstić information content (AvgIpc) is 2.56. The standard InChI is InChI=1S/C18H22N2O3.ClH/c1-3-23-16-9-6-14(10-17(16)22-2)12-20-18(21)11-13-4-7-15(19)8-5-13;/h4-10H,3,11-12,19H2,1-2H3,(H,20,21);1H. The first-order valence-electron chi connectivity index (χ1n) is 7.53. The second kappa shape index (κ2) is 9.67. The molecule has 0 aliphatic heterocycles. The quantitative estimate of drug-likeness (QED) is 0.753. The second-order valence-electron chi connectivity index (χ2n) is 5.11. The Labute approximate surface area is 148 Å². The Bertz CT molecular complexity index is 660. The van der Waals surface area contributed by atoms with Crippen molar-refractivity contribution in [3.05, 3.63) is 53.6 Å². The first-order valence-corrected chi connectivity index (χ1v) is 7.53. The molecular formula is C18H23ClN2O3. The fourth-order valence-electron chi connectivity index (χ4n) is 2.18. The van der Waals surface area contributed by atoms with Gasteiger partial charge in [-0.05, 0) is 42.3 Å². The lowest BCUT2D eigenvalue weighted by molar-refractivity contribution is -0.120. The van der Waals surface area contributed by atoms with Gasteiger partial charge in [-0.1, -0.05) is 18.2 Å². The monoisotopic (exact) mass is 350 g/mol. The molecule has 0 unspecified atom stereocenters. The molecule has 5 nitrogen and oxygen atoms in total. The Morgan fingerprint density at radius 3 is 2.38 bits per heavy atom. The molecule has 0 fully saturated rings. The summed E-state index contributed by atoms with van der Waals surface area (Å²) in [6, 6.07) is 12.9. The fraction of sp³-hybridized carbons (Fsp3) is 0.278. The minimum Gasteiger partial charge on any atom is -0.493 e. The third-order valence-corrected chi connectivity index (χ3v) is 3.36. The summed E-state index contributed by atoms with van der Waals surface area (Å²) in [5, 5.41) is 2.90. The number of hydrogen-bond acceptors (Lipinski definition) is 4. The Hall–Kier alpha value is -2.40. The molecule has 130 valence electrons. The molecule has 0 aromatic heterocycles. The smallest absolute Gasteiger partial charge is 0.224 e. The zero-order valence-corrected chi connectivity index (χ0v) is 14.7. The summed E-state index contributed by atoms with van der Waals surface area (Å²) in [6.45, 7) is 2.94. The van der Waals surface area contributed by atoms with Crippen molar-refractivity contribution >= 4 is 24.0 Å². The molecule has 0 aliphatic carbocycles. The van der Waals surface area contributed by atoms with Crippen molar-refractivity contribution < 1.29 is 14.3 Å². The van der Waals surface area contributed by atoms with Gasteiger partial charge in [0.2, 0.25) is 5.91 Å². The van der Waals surface area contributed by atoms with E-state index in [-0.39, 0.29) is 18.3 Å². The summed E-state index contributed by atoms with van der Waals surface area (Å²) in [5.74, 6) is 1.33. The first-order chi connectivity index (χ1) is 11.1. The van der Waals surface area contributed by atoms with Crippen LogP contribution >= 0.6 is 12.4 Å². The van der Waals surface area contributed by atoms with Gasteiger partial charge in [-0.25, -0.2) is 0 Å². The van der Waals surface area contributed by atoms with Crippen LogP contribution in [0.15, 0.2) is 42.5 Å². The maximum atomic E-state index is 12.0. The molecule has 1 amide bonds. The van der Waals surface area contributed by atoms with Crippen LogP contribution in [-0.4, -0.2) is 19.6 Å². The lowest BCUT2D eigenvalue weighted by Gasteiger charge is -2.11. The summed E-state index contributed by atoms with van der Waals surface area (Å²) in [4.78, 5) is 12.0. The Balaban J connectivity index is 0.00000288. The van der Waals surface area contributed by atoms with E-state index in [4.69, 9.17) is 15.2 Å². The Morgan fingerprint density at radius 2 is 1.75 bits per heavy atom. The summed E-state index contributed by atoms with van der Waals surface area (Å²) < 4.78 is 10.8. The summed E-state index contributed by atoms with van der Waals surface area (Å²) in [6.07, 6.45) is 0.328. The van der Waals surface area contributed by atoms with E-state index < -0.39 is 0 Å². The van der Waals surface area contributed by atoms with Gasteiger partial charge in [0.1, 0.15) is 0 Å². The van der Waals surface area contributed by atoms with Gasteiger partial charge in [-0.2, -0.15) is 0 Å². The highest BCUT2D eigenvalue weighted by Crippen LogP contribution is 2.27. The van der Waals surface area contributed by atoms with Gasteiger partial charge in [-0.3, -0.25) is 4.79 Å². The van der Waals surface area contributed by atoms with Crippen LogP contribution in [-0.2, 0) is 17.8 Å². The Morgan fingerprint density at radius 1 is 1.08 bits per heavy atom. The van der Waals surface area contributed by atoms with Gasteiger partial charge in [0, 0.05) is 12.2 Å². The van der Waals surface area contributed by atoms with Crippen molar-refractivity contribution in [2.75, 3.05) is 19.5 Å². The summed E-state index contributed by atoms with van der Waals surface area (Å²) in [7, 11) is 1.60. The van der Waals surface area contributed by atoms with Gasteiger partial charge >= 0.3 is 0 Å². The molecule has 0 atom stereocenters. The number of amides is 1. The van der Waals surface area contributed by atoms with Crippen LogP contribution in [0.1, 0.15) is 18.1 Å². The minimum atomic E-state index is -0.0392. The number of hydrogen-bond donors (Lipinski definition) is 2. The van der Waals surface area contributed by atoms with E-state index in [2.05, 4.69) is 5.32 Å². The maximum absolute atomic E-state index is 12.0. The van der Waals surface area contributed by atoms with Crippen LogP contribution in [0.4, 0.5) is 5.69 Å². The molecular weight excluding hydrogens is 328 g/mol. The van der Waals surface area contributed by atoms with Gasteiger partial charge in [-0.15, -0.1) is 12.4 Å². The zero-order chi connectivity index (χ0) is 16.7. The van der Waals surface area contributed by atoms with Crippen molar-refractivity contribution in [1.82, 2.24) is 5.32 Å². The van der Waals surface area contributed by atoms with E-state index in [9.17, 15) is 4.79 Å². The van der Waals surface area contributed by atoms with Gasteiger partial charge < -0.3 is 20.5 Å². The third-order valence-electron chi connectivity index (χ3n) is 3.36. The number of nitrogens with two attached hydrogens (primary N) is 1. The van der Waals surface area contributed by atoms with Gasteiger partial charge in [0.15, 0.2) is 11.5 Å². The number of carbonyl (C=O) groups is 1. The summed E-state index contributed by atoms with van der Waals surface area (Å²) in [5.41, 5.74) is 8.21. The van der Waals surface area contributed by atoms with Gasteiger partial charge in [0.05, 0.1) is 20.1 Å². The maximum Gasteiger partial charge on any atom is 0.224 e. The number of halogens is 1. The van der Waals surface area contributed by atoms with Crippen LogP contribution in [0.3, 0.4) is 0 Å². The molecule has 24 heavy (non-hydrogen) atoms. The molecule has 2 aromatic carbocycles. The Kier molecular flexibility index (Phi) is 7.92. The minimum absolute atomic E-state index is 0. The van der Waals surface area contributed by atoms with E-state index in [1.807, 2.05) is 37.3 Å². The molecule has 0 aliphatic rings. The number of ether oxygens (including phenoxy) is 2. The van der Waals surface area contributed by atoms with Crippen molar-refractivity contribution in [2.24, 2.45) is 0 Å². The van der Waals surface area contributed by atoms with Crippen molar-refractivity contribution in [2.45, 2.75) is 19.9 Å². The molecule has 3 N–H and O–H groups in total. The zero-order valence-electron chi connectivity index (χ0n) is 13.9. The van der Waals surface area contributed by atoms with Gasteiger partial charge in [0.25, 0.3) is 0 Å². The predicted molar refractivity (Wildman–Crippen MR) is 97.8 cm³/mol. The van der Waals surface area contributed by atoms with E-state index in [1.54, 1.807) is 19.2 Å². The van der Waals surface area contributed by atoms with Crippen molar-refractivity contribution in [3.63, 3.8) is 0 Å². The molecule has 2 rings (SSSR count). The average molecular weight is 351 g/mol. The van der Waals surface area contributed by atoms with Crippen molar-refractivity contribution in [3.8, 4) is 11.5 Å². The predicted octanol–water partition coefficient (Wildman–Crippen LogP) is 2.96. The lowest BCUT2D eigenvalue weighted by Crippen LogP contribution is -2.24. The van der Waals surface area contributed by atoms with Crippen LogP contribution in [0.2, 0.25) is 0 Å².